The number of aryl methyl sites for hydroxylation is 2. The second-order valence-electron chi connectivity index (χ2n) is 7.91. The highest BCUT2D eigenvalue weighted by molar-refractivity contribution is 5.93. The highest BCUT2D eigenvalue weighted by Crippen LogP contribution is 2.22. The zero-order chi connectivity index (χ0) is 20.6. The topological polar surface area (TPSA) is 47.2 Å². The number of carbonyl (C=O) groups excluding carboxylic acids is 1. The number of benzene rings is 2. The molecule has 1 fully saturated rings. The first-order valence-corrected chi connectivity index (χ1v) is 10.8. The van der Waals surface area contributed by atoms with Crippen molar-refractivity contribution in [3.05, 3.63) is 59.2 Å². The second kappa shape index (κ2) is 10.4. The Balaban J connectivity index is 1.48. The van der Waals surface area contributed by atoms with Crippen LogP contribution in [0.5, 0.6) is 5.75 Å². The molecule has 0 aliphatic carbocycles. The van der Waals surface area contributed by atoms with E-state index in [1.165, 1.54) is 21.6 Å². The third-order valence-corrected chi connectivity index (χ3v) is 5.95. The fourth-order valence-electron chi connectivity index (χ4n) is 4.16. The van der Waals surface area contributed by atoms with E-state index in [2.05, 4.69) is 49.5 Å². The van der Waals surface area contributed by atoms with Gasteiger partial charge in [0, 0.05) is 11.3 Å². The number of hydrogen-bond donors (Lipinski definition) is 3. The van der Waals surface area contributed by atoms with Gasteiger partial charge in [-0.05, 0) is 48.2 Å². The van der Waals surface area contributed by atoms with Crippen LogP contribution in [0.15, 0.2) is 42.5 Å². The summed E-state index contributed by atoms with van der Waals surface area (Å²) in [6.07, 6.45) is 1.87. The third-order valence-electron chi connectivity index (χ3n) is 5.95. The monoisotopic (exact) mass is 397 g/mol. The van der Waals surface area contributed by atoms with E-state index in [1.54, 1.807) is 12.0 Å². The van der Waals surface area contributed by atoms with Crippen molar-refractivity contribution in [2.75, 3.05) is 45.2 Å². The fourth-order valence-corrected chi connectivity index (χ4v) is 4.16. The molecule has 5 nitrogen and oxygen atoms in total. The molecular formula is C24H35N3O2+2. The maximum absolute atomic E-state index is 12.7. The molecule has 3 rings (SSSR count). The minimum atomic E-state index is 0.134. The number of anilines is 1. The van der Waals surface area contributed by atoms with Crippen LogP contribution in [0, 0.1) is 0 Å². The van der Waals surface area contributed by atoms with E-state index in [1.807, 2.05) is 12.1 Å². The highest BCUT2D eigenvalue weighted by Gasteiger charge is 2.25. The lowest BCUT2D eigenvalue weighted by atomic mass is 10.0. The summed E-state index contributed by atoms with van der Waals surface area (Å²) >= 11 is 0. The van der Waals surface area contributed by atoms with Crippen molar-refractivity contribution in [2.45, 2.75) is 33.2 Å². The van der Waals surface area contributed by atoms with Crippen molar-refractivity contribution < 1.29 is 19.3 Å². The Morgan fingerprint density at radius 2 is 1.52 bits per heavy atom. The fraction of sp³-hybridized carbons (Fsp3) is 0.458. The molecule has 5 heteroatoms. The third kappa shape index (κ3) is 5.81. The van der Waals surface area contributed by atoms with Crippen LogP contribution in [-0.4, -0.2) is 45.7 Å². The summed E-state index contributed by atoms with van der Waals surface area (Å²) in [6.45, 7) is 10.1. The van der Waals surface area contributed by atoms with Gasteiger partial charge in [0.1, 0.15) is 38.5 Å². The molecule has 2 aromatic rings. The van der Waals surface area contributed by atoms with Crippen molar-refractivity contribution in [2.24, 2.45) is 0 Å². The lowest BCUT2D eigenvalue weighted by molar-refractivity contribution is -1.02. The summed E-state index contributed by atoms with van der Waals surface area (Å²) in [6, 6.07) is 14.7. The Hall–Kier alpha value is -2.37. The van der Waals surface area contributed by atoms with Gasteiger partial charge in [0.2, 0.25) is 0 Å². The first kappa shape index (κ1) is 21.3. The van der Waals surface area contributed by atoms with Crippen LogP contribution in [-0.2, 0) is 24.2 Å². The van der Waals surface area contributed by atoms with Gasteiger partial charge in [-0.3, -0.25) is 4.79 Å². The summed E-state index contributed by atoms with van der Waals surface area (Å²) in [5.41, 5.74) is 4.82. The van der Waals surface area contributed by atoms with E-state index in [4.69, 9.17) is 4.74 Å². The summed E-state index contributed by atoms with van der Waals surface area (Å²) in [5, 5.41) is 3.21. The number of piperazine rings is 1. The minimum Gasteiger partial charge on any atom is -0.497 e. The van der Waals surface area contributed by atoms with Crippen LogP contribution in [0.3, 0.4) is 0 Å². The van der Waals surface area contributed by atoms with E-state index in [-0.39, 0.29) is 5.91 Å². The van der Waals surface area contributed by atoms with E-state index < -0.39 is 0 Å². The highest BCUT2D eigenvalue weighted by atomic mass is 16.5. The molecule has 0 saturated carbocycles. The summed E-state index contributed by atoms with van der Waals surface area (Å²) in [4.78, 5) is 15.7. The molecule has 29 heavy (non-hydrogen) atoms. The molecule has 1 saturated heterocycles. The van der Waals surface area contributed by atoms with Gasteiger partial charge < -0.3 is 19.9 Å². The number of nitrogens with one attached hydrogen (secondary N) is 3. The Labute approximate surface area is 174 Å². The molecule has 1 aliphatic rings. The van der Waals surface area contributed by atoms with Gasteiger partial charge in [0.05, 0.1) is 7.11 Å². The summed E-state index contributed by atoms with van der Waals surface area (Å²) < 4.78 is 5.23. The Bertz CT molecular complexity index is 774. The van der Waals surface area contributed by atoms with Crippen molar-refractivity contribution in [1.82, 2.24) is 0 Å². The molecular weight excluding hydrogens is 362 g/mol. The summed E-state index contributed by atoms with van der Waals surface area (Å²) in [7, 11) is 1.70. The molecule has 3 N–H and O–H groups in total. The number of para-hydroxylation sites is 1. The van der Waals surface area contributed by atoms with Crippen molar-refractivity contribution >= 4 is 11.6 Å². The van der Waals surface area contributed by atoms with Crippen LogP contribution >= 0.6 is 0 Å². The SMILES string of the molecule is CCc1cccc(CC)c1NC(=O)C[NH+]1CC[NH+](Cc2ccc(OC)cc2)CC1. The molecule has 0 unspecified atom stereocenters. The number of quaternary nitrogens is 2. The van der Waals surface area contributed by atoms with E-state index >= 15 is 0 Å². The maximum atomic E-state index is 12.7. The molecule has 0 spiro atoms. The van der Waals surface area contributed by atoms with Gasteiger partial charge in [-0.2, -0.15) is 0 Å². The molecule has 0 radical (unpaired) electrons. The van der Waals surface area contributed by atoms with Crippen LogP contribution < -0.4 is 19.9 Å². The lowest BCUT2D eigenvalue weighted by Gasteiger charge is -2.29. The van der Waals surface area contributed by atoms with E-state index in [0.717, 1.165) is 57.0 Å². The van der Waals surface area contributed by atoms with Gasteiger partial charge in [-0.25, -0.2) is 0 Å². The molecule has 1 amide bonds. The van der Waals surface area contributed by atoms with Crippen LogP contribution in [0.4, 0.5) is 5.69 Å². The molecule has 2 aromatic carbocycles. The molecule has 0 aromatic heterocycles. The zero-order valence-corrected chi connectivity index (χ0v) is 18.0. The molecule has 0 bridgehead atoms. The van der Waals surface area contributed by atoms with Crippen LogP contribution in [0.2, 0.25) is 0 Å². The van der Waals surface area contributed by atoms with Gasteiger partial charge in [0.25, 0.3) is 5.91 Å². The normalized spacial score (nSPS) is 19.0. The average Bonchev–Trinajstić information content (AvgIpc) is 2.75. The minimum absolute atomic E-state index is 0.134. The van der Waals surface area contributed by atoms with Crippen molar-refractivity contribution in [3.8, 4) is 5.75 Å². The number of methoxy groups -OCH3 is 1. The number of ether oxygens (including phenoxy) is 1. The van der Waals surface area contributed by atoms with Crippen molar-refractivity contribution in [1.29, 1.82) is 0 Å². The summed E-state index contributed by atoms with van der Waals surface area (Å²) in [5.74, 6) is 1.04. The number of carbonyl (C=O) groups is 1. The number of hydrogen-bond acceptors (Lipinski definition) is 2. The molecule has 156 valence electrons. The smallest absolute Gasteiger partial charge is 0.279 e. The number of amides is 1. The Morgan fingerprint density at radius 1 is 0.931 bits per heavy atom. The maximum Gasteiger partial charge on any atom is 0.279 e. The molecule has 0 atom stereocenters. The Morgan fingerprint density at radius 3 is 2.07 bits per heavy atom. The van der Waals surface area contributed by atoms with Crippen LogP contribution in [0.1, 0.15) is 30.5 Å². The number of rotatable bonds is 8. The first-order chi connectivity index (χ1) is 14.1. The van der Waals surface area contributed by atoms with Gasteiger partial charge in [-0.15, -0.1) is 0 Å². The van der Waals surface area contributed by atoms with Gasteiger partial charge >= 0.3 is 0 Å². The zero-order valence-electron chi connectivity index (χ0n) is 18.0. The van der Waals surface area contributed by atoms with E-state index in [0.29, 0.717) is 6.54 Å². The second-order valence-corrected chi connectivity index (χ2v) is 7.91. The quantitative estimate of drug-likeness (QED) is 0.615. The van der Waals surface area contributed by atoms with Crippen molar-refractivity contribution in [3.63, 3.8) is 0 Å². The van der Waals surface area contributed by atoms with E-state index in [9.17, 15) is 4.79 Å². The predicted molar refractivity (Wildman–Crippen MR) is 117 cm³/mol. The molecule has 1 aliphatic heterocycles. The Kier molecular flexibility index (Phi) is 7.67. The average molecular weight is 398 g/mol. The molecule has 1 heterocycles. The first-order valence-electron chi connectivity index (χ1n) is 10.8. The largest absolute Gasteiger partial charge is 0.497 e. The predicted octanol–water partition coefficient (Wildman–Crippen LogP) is 0.742. The van der Waals surface area contributed by atoms with Crippen LogP contribution in [0.25, 0.3) is 0 Å². The van der Waals surface area contributed by atoms with Gasteiger partial charge in [0.15, 0.2) is 6.54 Å². The standard InChI is InChI=1S/C24H33N3O2/c1-4-20-7-6-8-21(5-2)24(20)25-23(28)18-27-15-13-26(14-16-27)17-19-9-11-22(29-3)12-10-19/h6-12H,4-5,13-18H2,1-3H3,(H,25,28)/p+2. The lowest BCUT2D eigenvalue weighted by Crippen LogP contribution is -3.28. The van der Waals surface area contributed by atoms with Gasteiger partial charge in [-0.1, -0.05) is 32.0 Å².